The van der Waals surface area contributed by atoms with Gasteiger partial charge in [-0.1, -0.05) is 29.3 Å². The van der Waals surface area contributed by atoms with Crippen molar-refractivity contribution >= 4 is 23.4 Å². The summed E-state index contributed by atoms with van der Waals surface area (Å²) < 4.78 is 0. The molecule has 0 aliphatic heterocycles. The van der Waals surface area contributed by atoms with Gasteiger partial charge in [-0.05, 0) is 43.3 Å². The van der Waals surface area contributed by atoms with Gasteiger partial charge in [-0.3, -0.25) is 20.4 Å². The highest BCUT2D eigenvalue weighted by molar-refractivity contribution is 6.30. The van der Waals surface area contributed by atoms with Gasteiger partial charge in [0.25, 0.3) is 11.8 Å². The van der Waals surface area contributed by atoms with Crippen LogP contribution in [0.5, 0.6) is 0 Å². The van der Waals surface area contributed by atoms with Crippen LogP contribution in [0.3, 0.4) is 0 Å². The Hall–Kier alpha value is -2.33. The zero-order chi connectivity index (χ0) is 14.5. The maximum Gasteiger partial charge on any atom is 0.269 e. The number of halogens is 1. The minimum absolute atomic E-state index is 0.365. The van der Waals surface area contributed by atoms with Crippen molar-refractivity contribution in [3.8, 4) is 0 Å². The number of benzene rings is 2. The van der Waals surface area contributed by atoms with Gasteiger partial charge in [0, 0.05) is 16.1 Å². The van der Waals surface area contributed by atoms with Crippen LogP contribution in [-0.4, -0.2) is 11.8 Å². The molecule has 0 radical (unpaired) electrons. The molecule has 0 aromatic heterocycles. The average molecular weight is 289 g/mol. The average Bonchev–Trinajstić information content (AvgIpc) is 2.45. The molecule has 0 spiro atoms. The van der Waals surface area contributed by atoms with Gasteiger partial charge in [0.2, 0.25) is 0 Å². The molecule has 0 saturated carbocycles. The first-order chi connectivity index (χ1) is 9.56. The lowest BCUT2D eigenvalue weighted by Crippen LogP contribution is -2.41. The van der Waals surface area contributed by atoms with E-state index in [1.54, 1.807) is 42.5 Å². The summed E-state index contributed by atoms with van der Waals surface area (Å²) in [5, 5.41) is 0.547. The van der Waals surface area contributed by atoms with E-state index in [4.69, 9.17) is 11.6 Å². The van der Waals surface area contributed by atoms with E-state index in [1.165, 1.54) is 0 Å². The Balaban J connectivity index is 1.96. The topological polar surface area (TPSA) is 58.2 Å². The van der Waals surface area contributed by atoms with Crippen LogP contribution in [-0.2, 0) is 0 Å². The van der Waals surface area contributed by atoms with E-state index < -0.39 is 5.91 Å². The Morgan fingerprint density at radius 2 is 1.50 bits per heavy atom. The van der Waals surface area contributed by atoms with Crippen LogP contribution in [0, 0.1) is 6.92 Å². The molecule has 0 atom stereocenters. The number of nitrogens with one attached hydrogen (secondary N) is 2. The second kappa shape index (κ2) is 6.21. The molecule has 2 rings (SSSR count). The van der Waals surface area contributed by atoms with Crippen LogP contribution in [0.2, 0.25) is 5.02 Å². The molecule has 0 fully saturated rings. The second-order valence-electron chi connectivity index (χ2n) is 4.28. The third kappa shape index (κ3) is 3.59. The van der Waals surface area contributed by atoms with Crippen molar-refractivity contribution in [2.75, 3.05) is 0 Å². The van der Waals surface area contributed by atoms with Crippen LogP contribution in [0.1, 0.15) is 26.3 Å². The number of amides is 2. The van der Waals surface area contributed by atoms with Gasteiger partial charge in [0.1, 0.15) is 0 Å². The van der Waals surface area contributed by atoms with Crippen molar-refractivity contribution in [3.63, 3.8) is 0 Å². The highest BCUT2D eigenvalue weighted by Crippen LogP contribution is 2.09. The fourth-order valence-corrected chi connectivity index (χ4v) is 1.77. The summed E-state index contributed by atoms with van der Waals surface area (Å²) in [4.78, 5) is 23.6. The molecule has 2 amide bonds. The van der Waals surface area contributed by atoms with Crippen LogP contribution >= 0.6 is 11.6 Å². The summed E-state index contributed by atoms with van der Waals surface area (Å²) >= 11 is 5.74. The molecule has 20 heavy (non-hydrogen) atoms. The predicted molar refractivity (Wildman–Crippen MR) is 77.6 cm³/mol. The smallest absolute Gasteiger partial charge is 0.267 e. The van der Waals surface area contributed by atoms with E-state index in [1.807, 2.05) is 13.0 Å². The summed E-state index contributed by atoms with van der Waals surface area (Å²) in [6.45, 7) is 1.89. The van der Waals surface area contributed by atoms with Gasteiger partial charge in [-0.2, -0.15) is 0 Å². The largest absolute Gasteiger partial charge is 0.269 e. The number of carbonyl (C=O) groups is 2. The molecule has 0 saturated heterocycles. The van der Waals surface area contributed by atoms with Crippen molar-refractivity contribution in [2.45, 2.75) is 6.92 Å². The van der Waals surface area contributed by atoms with Crippen LogP contribution in [0.15, 0.2) is 48.5 Å². The number of carbonyl (C=O) groups excluding carboxylic acids is 2. The van der Waals surface area contributed by atoms with Gasteiger partial charge in [0.15, 0.2) is 0 Å². The third-order valence-electron chi connectivity index (χ3n) is 2.68. The number of hydrazine groups is 1. The number of hydrogen-bond donors (Lipinski definition) is 2. The van der Waals surface area contributed by atoms with Crippen molar-refractivity contribution < 1.29 is 9.59 Å². The van der Waals surface area contributed by atoms with E-state index in [2.05, 4.69) is 10.9 Å². The number of aryl methyl sites for hydroxylation is 1. The van der Waals surface area contributed by atoms with Gasteiger partial charge >= 0.3 is 0 Å². The number of hydrogen-bond acceptors (Lipinski definition) is 2. The lowest BCUT2D eigenvalue weighted by molar-refractivity contribution is 0.0846. The molecule has 0 bridgehead atoms. The third-order valence-corrected chi connectivity index (χ3v) is 2.93. The first kappa shape index (κ1) is 14.1. The van der Waals surface area contributed by atoms with E-state index in [9.17, 15) is 9.59 Å². The molecule has 5 heteroatoms. The Bertz CT molecular complexity index is 639. The molecule has 0 aliphatic rings. The van der Waals surface area contributed by atoms with Crippen LogP contribution < -0.4 is 10.9 Å². The summed E-state index contributed by atoms with van der Waals surface area (Å²) in [7, 11) is 0. The summed E-state index contributed by atoms with van der Waals surface area (Å²) in [6, 6.07) is 13.5. The molecule has 0 unspecified atom stereocenters. The molecule has 0 aliphatic carbocycles. The Morgan fingerprint density at radius 1 is 0.900 bits per heavy atom. The molecule has 0 heterocycles. The Labute approximate surface area is 121 Å². The van der Waals surface area contributed by atoms with Crippen LogP contribution in [0.4, 0.5) is 0 Å². The SMILES string of the molecule is Cc1cccc(C(=O)NNC(=O)c2ccc(Cl)cc2)c1. The second-order valence-corrected chi connectivity index (χ2v) is 4.72. The maximum atomic E-state index is 11.8. The first-order valence-corrected chi connectivity index (χ1v) is 6.37. The first-order valence-electron chi connectivity index (χ1n) is 5.99. The molecular formula is C15H13ClN2O2. The van der Waals surface area contributed by atoms with E-state index in [0.717, 1.165) is 5.56 Å². The van der Waals surface area contributed by atoms with Gasteiger partial charge in [-0.15, -0.1) is 0 Å². The van der Waals surface area contributed by atoms with Crippen molar-refractivity contribution in [1.82, 2.24) is 10.9 Å². The Morgan fingerprint density at radius 3 is 2.10 bits per heavy atom. The predicted octanol–water partition coefficient (Wildman–Crippen LogP) is 2.72. The molecule has 2 N–H and O–H groups in total. The summed E-state index contributed by atoms with van der Waals surface area (Å²) in [6.07, 6.45) is 0. The molecule has 102 valence electrons. The molecule has 2 aromatic rings. The normalized spacial score (nSPS) is 9.90. The highest BCUT2D eigenvalue weighted by atomic mass is 35.5. The molecular weight excluding hydrogens is 276 g/mol. The highest BCUT2D eigenvalue weighted by Gasteiger charge is 2.08. The fraction of sp³-hybridized carbons (Fsp3) is 0.0667. The molecule has 4 nitrogen and oxygen atoms in total. The summed E-state index contributed by atoms with van der Waals surface area (Å²) in [5.74, 6) is -0.765. The minimum Gasteiger partial charge on any atom is -0.267 e. The lowest BCUT2D eigenvalue weighted by atomic mass is 10.1. The van der Waals surface area contributed by atoms with Gasteiger partial charge < -0.3 is 0 Å². The zero-order valence-corrected chi connectivity index (χ0v) is 11.6. The summed E-state index contributed by atoms with van der Waals surface area (Å²) in [5.41, 5.74) is 6.60. The van der Waals surface area contributed by atoms with Crippen molar-refractivity contribution in [1.29, 1.82) is 0 Å². The van der Waals surface area contributed by atoms with E-state index in [0.29, 0.717) is 16.1 Å². The van der Waals surface area contributed by atoms with Gasteiger partial charge in [-0.25, -0.2) is 0 Å². The van der Waals surface area contributed by atoms with Gasteiger partial charge in [0.05, 0.1) is 0 Å². The lowest BCUT2D eigenvalue weighted by Gasteiger charge is -2.08. The Kier molecular flexibility index (Phi) is 4.38. The van der Waals surface area contributed by atoms with Crippen molar-refractivity contribution in [3.05, 3.63) is 70.2 Å². The number of rotatable bonds is 2. The van der Waals surface area contributed by atoms with Crippen molar-refractivity contribution in [2.24, 2.45) is 0 Å². The van der Waals surface area contributed by atoms with Crippen LogP contribution in [0.25, 0.3) is 0 Å². The molecule has 2 aromatic carbocycles. The zero-order valence-electron chi connectivity index (χ0n) is 10.8. The maximum absolute atomic E-state index is 11.8. The standard InChI is InChI=1S/C15H13ClN2O2/c1-10-3-2-4-12(9-10)15(20)18-17-14(19)11-5-7-13(16)8-6-11/h2-9H,1H3,(H,17,19)(H,18,20). The monoisotopic (exact) mass is 288 g/mol. The van der Waals surface area contributed by atoms with E-state index in [-0.39, 0.29) is 5.91 Å². The quantitative estimate of drug-likeness (QED) is 0.835. The fourth-order valence-electron chi connectivity index (χ4n) is 1.65. The van der Waals surface area contributed by atoms with E-state index >= 15 is 0 Å². The minimum atomic E-state index is -0.400.